The number of carbonyl (C=O) groups is 2. The second kappa shape index (κ2) is 7.61. The topological polar surface area (TPSA) is 88.5 Å². The Bertz CT molecular complexity index is 784. The Morgan fingerprint density at radius 1 is 1.28 bits per heavy atom. The van der Waals surface area contributed by atoms with Crippen molar-refractivity contribution in [1.29, 1.82) is 0 Å². The fourth-order valence-electron chi connectivity index (χ4n) is 3.30. The van der Waals surface area contributed by atoms with Crippen LogP contribution in [-0.2, 0) is 9.53 Å². The van der Waals surface area contributed by atoms with Gasteiger partial charge in [0.2, 0.25) is 0 Å². The number of amides is 1. The number of carbonyl (C=O) groups excluding carboxylic acids is 1. The number of pyridine rings is 1. The van der Waals surface area contributed by atoms with Crippen molar-refractivity contribution in [1.82, 2.24) is 10.3 Å². The van der Waals surface area contributed by atoms with E-state index in [1.807, 2.05) is 25.1 Å². The summed E-state index contributed by atoms with van der Waals surface area (Å²) in [4.78, 5) is 28.7. The molecule has 2 heterocycles. The van der Waals surface area contributed by atoms with Crippen LogP contribution < -0.4 is 5.32 Å². The molecule has 1 aromatic carbocycles. The summed E-state index contributed by atoms with van der Waals surface area (Å²) < 4.78 is 5.30. The molecule has 1 amide bonds. The Kier molecular flexibility index (Phi) is 5.28. The molecule has 132 valence electrons. The Morgan fingerprint density at radius 2 is 2.04 bits per heavy atom. The van der Waals surface area contributed by atoms with Gasteiger partial charge in [-0.1, -0.05) is 18.2 Å². The third-order valence-corrected chi connectivity index (χ3v) is 4.74. The smallest absolute Gasteiger partial charge is 0.308 e. The van der Waals surface area contributed by atoms with Crippen LogP contribution >= 0.6 is 0 Å². The number of aryl methyl sites for hydroxylation is 1. The van der Waals surface area contributed by atoms with Gasteiger partial charge in [0.05, 0.1) is 17.0 Å². The molecule has 0 saturated carbocycles. The number of ether oxygens (including phenoxy) is 1. The normalized spacial score (nSPS) is 16.5. The van der Waals surface area contributed by atoms with Crippen LogP contribution in [0, 0.1) is 18.8 Å². The van der Waals surface area contributed by atoms with Crippen LogP contribution in [0.1, 0.15) is 28.9 Å². The van der Waals surface area contributed by atoms with Gasteiger partial charge in [-0.3, -0.25) is 14.6 Å². The van der Waals surface area contributed by atoms with Crippen molar-refractivity contribution in [2.24, 2.45) is 11.8 Å². The van der Waals surface area contributed by atoms with Crippen LogP contribution in [0.2, 0.25) is 0 Å². The van der Waals surface area contributed by atoms with Crippen molar-refractivity contribution in [2.75, 3.05) is 19.8 Å². The molecule has 0 spiro atoms. The zero-order chi connectivity index (χ0) is 17.8. The van der Waals surface area contributed by atoms with E-state index in [2.05, 4.69) is 10.3 Å². The van der Waals surface area contributed by atoms with Crippen LogP contribution in [0.25, 0.3) is 10.9 Å². The molecule has 1 aliphatic heterocycles. The number of rotatable bonds is 5. The van der Waals surface area contributed by atoms with Gasteiger partial charge in [0, 0.05) is 30.8 Å². The molecule has 25 heavy (non-hydrogen) atoms. The third-order valence-electron chi connectivity index (χ3n) is 4.74. The molecular formula is C19H22N2O4. The first kappa shape index (κ1) is 17.4. The number of nitrogens with one attached hydrogen (secondary N) is 1. The summed E-state index contributed by atoms with van der Waals surface area (Å²) in [5.41, 5.74) is 1.94. The average Bonchev–Trinajstić information content (AvgIpc) is 2.61. The third kappa shape index (κ3) is 3.96. The number of fused-ring (bicyclic) bond motifs is 1. The highest BCUT2D eigenvalue weighted by Gasteiger charge is 2.30. The highest BCUT2D eigenvalue weighted by molar-refractivity contribution is 6.05. The van der Waals surface area contributed by atoms with Gasteiger partial charge in [0.1, 0.15) is 0 Å². The van der Waals surface area contributed by atoms with E-state index < -0.39 is 11.9 Å². The van der Waals surface area contributed by atoms with Gasteiger partial charge in [0.15, 0.2) is 0 Å². The number of benzene rings is 1. The van der Waals surface area contributed by atoms with Gasteiger partial charge in [-0.2, -0.15) is 0 Å². The molecule has 1 saturated heterocycles. The van der Waals surface area contributed by atoms with Gasteiger partial charge in [-0.05, 0) is 37.8 Å². The maximum atomic E-state index is 12.6. The monoisotopic (exact) mass is 342 g/mol. The molecule has 1 fully saturated rings. The van der Waals surface area contributed by atoms with E-state index in [1.54, 1.807) is 12.1 Å². The molecule has 6 heteroatoms. The molecule has 6 nitrogen and oxygen atoms in total. The number of para-hydroxylation sites is 1. The summed E-state index contributed by atoms with van der Waals surface area (Å²) in [6.45, 7) is 3.14. The van der Waals surface area contributed by atoms with Crippen molar-refractivity contribution < 1.29 is 19.4 Å². The second-order valence-electron chi connectivity index (χ2n) is 6.43. The zero-order valence-electron chi connectivity index (χ0n) is 14.2. The summed E-state index contributed by atoms with van der Waals surface area (Å²) >= 11 is 0. The molecule has 2 N–H and O–H groups in total. The van der Waals surface area contributed by atoms with Gasteiger partial charge in [-0.15, -0.1) is 0 Å². The van der Waals surface area contributed by atoms with Crippen molar-refractivity contribution in [3.8, 4) is 0 Å². The minimum atomic E-state index is -0.876. The standard InChI is InChI=1S/C19H22N2O4/c1-12-5-6-14-3-2-4-15(17(14)21-12)18(22)20-11-16(19(23)24)13-7-9-25-10-8-13/h2-6,13,16H,7-11H2,1H3,(H,20,22)(H,23,24). The van der Waals surface area contributed by atoms with Crippen molar-refractivity contribution >= 4 is 22.8 Å². The van der Waals surface area contributed by atoms with E-state index in [0.717, 1.165) is 11.1 Å². The molecule has 0 radical (unpaired) electrons. The fourth-order valence-corrected chi connectivity index (χ4v) is 3.30. The number of aromatic nitrogens is 1. The van der Waals surface area contributed by atoms with E-state index in [0.29, 0.717) is 37.1 Å². The molecule has 0 aliphatic carbocycles. The molecular weight excluding hydrogens is 320 g/mol. The van der Waals surface area contributed by atoms with Crippen molar-refractivity contribution in [2.45, 2.75) is 19.8 Å². The summed E-state index contributed by atoms with van der Waals surface area (Å²) in [5.74, 6) is -1.74. The maximum Gasteiger partial charge on any atom is 0.308 e. The van der Waals surface area contributed by atoms with Crippen LogP contribution in [0.5, 0.6) is 0 Å². The molecule has 1 aliphatic rings. The lowest BCUT2D eigenvalue weighted by molar-refractivity contribution is -0.144. The van der Waals surface area contributed by atoms with Crippen LogP contribution in [0.4, 0.5) is 0 Å². The van der Waals surface area contributed by atoms with Crippen LogP contribution in [0.3, 0.4) is 0 Å². The predicted molar refractivity (Wildman–Crippen MR) is 93.5 cm³/mol. The Balaban J connectivity index is 1.75. The largest absolute Gasteiger partial charge is 0.481 e. The number of carboxylic acids is 1. The SMILES string of the molecule is Cc1ccc2cccc(C(=O)NCC(C(=O)O)C3CCOCC3)c2n1. The molecule has 1 atom stereocenters. The first-order valence-electron chi connectivity index (χ1n) is 8.51. The highest BCUT2D eigenvalue weighted by atomic mass is 16.5. The van der Waals surface area contributed by atoms with Gasteiger partial charge >= 0.3 is 5.97 Å². The Hall–Kier alpha value is -2.47. The fraction of sp³-hybridized carbons (Fsp3) is 0.421. The van der Waals surface area contributed by atoms with Crippen LogP contribution in [0.15, 0.2) is 30.3 Å². The number of hydrogen-bond acceptors (Lipinski definition) is 4. The number of carboxylic acid groups (broad SMARTS) is 1. The molecule has 2 aromatic rings. The summed E-state index contributed by atoms with van der Waals surface area (Å²) in [7, 11) is 0. The van der Waals surface area contributed by atoms with Crippen LogP contribution in [-0.4, -0.2) is 41.7 Å². The lowest BCUT2D eigenvalue weighted by Crippen LogP contribution is -2.39. The number of aliphatic carboxylic acids is 1. The average molecular weight is 342 g/mol. The van der Waals surface area contributed by atoms with E-state index in [4.69, 9.17) is 4.74 Å². The Labute approximate surface area is 146 Å². The molecule has 3 rings (SSSR count). The number of nitrogens with zero attached hydrogens (tertiary/aromatic N) is 1. The van der Waals surface area contributed by atoms with E-state index in [-0.39, 0.29) is 18.4 Å². The zero-order valence-corrected chi connectivity index (χ0v) is 14.2. The van der Waals surface area contributed by atoms with E-state index in [9.17, 15) is 14.7 Å². The lowest BCUT2D eigenvalue weighted by atomic mass is 9.86. The summed E-state index contributed by atoms with van der Waals surface area (Å²) in [5, 5.41) is 13.2. The predicted octanol–water partition coefficient (Wildman–Crippen LogP) is 2.40. The molecule has 1 aromatic heterocycles. The highest BCUT2D eigenvalue weighted by Crippen LogP contribution is 2.24. The first-order chi connectivity index (χ1) is 12.1. The summed E-state index contributed by atoms with van der Waals surface area (Å²) in [6.07, 6.45) is 1.42. The number of hydrogen-bond donors (Lipinski definition) is 2. The minimum absolute atomic E-state index is 0.0273. The maximum absolute atomic E-state index is 12.6. The van der Waals surface area contributed by atoms with Gasteiger partial charge < -0.3 is 15.2 Å². The quantitative estimate of drug-likeness (QED) is 0.871. The Morgan fingerprint density at radius 3 is 2.76 bits per heavy atom. The molecule has 0 bridgehead atoms. The van der Waals surface area contributed by atoms with E-state index in [1.165, 1.54) is 0 Å². The first-order valence-corrected chi connectivity index (χ1v) is 8.51. The second-order valence-corrected chi connectivity index (χ2v) is 6.43. The van der Waals surface area contributed by atoms with Crippen molar-refractivity contribution in [3.63, 3.8) is 0 Å². The lowest BCUT2D eigenvalue weighted by Gasteiger charge is -2.27. The van der Waals surface area contributed by atoms with Gasteiger partial charge in [0.25, 0.3) is 5.91 Å². The molecule has 1 unspecified atom stereocenters. The summed E-state index contributed by atoms with van der Waals surface area (Å²) in [6, 6.07) is 9.25. The minimum Gasteiger partial charge on any atom is -0.481 e. The van der Waals surface area contributed by atoms with E-state index >= 15 is 0 Å². The van der Waals surface area contributed by atoms with Gasteiger partial charge in [-0.25, -0.2) is 0 Å². The van der Waals surface area contributed by atoms with Crippen molar-refractivity contribution in [3.05, 3.63) is 41.6 Å².